The van der Waals surface area contributed by atoms with Crippen molar-refractivity contribution >= 4 is 43.8 Å². The first-order valence-electron chi connectivity index (χ1n) is 9.69. The summed E-state index contributed by atoms with van der Waals surface area (Å²) in [6.45, 7) is 2.66. The number of nitrogens with zero attached hydrogens (tertiary/aromatic N) is 1. The van der Waals surface area contributed by atoms with Gasteiger partial charge < -0.3 is 5.32 Å². The maximum atomic E-state index is 14.6. The molecule has 0 spiro atoms. The van der Waals surface area contributed by atoms with E-state index in [9.17, 15) is 17.2 Å². The van der Waals surface area contributed by atoms with Crippen molar-refractivity contribution in [1.29, 1.82) is 0 Å². The zero-order valence-corrected chi connectivity index (χ0v) is 19.1. The number of aromatic nitrogens is 1. The lowest BCUT2D eigenvalue weighted by molar-refractivity contribution is 0.494. The standard InChI is InChI=1S/C21H22ClF2N3O2S2/c1-2-14(8-9-15-6-4-3-5-7-15)12-25-18-11-17(23)19(10-16(18)22)31(28,29)27-21-26-13-20(24)30-21/h3-7,10-11,13-14,25H,2,8-9,12H2,1H3,(H,26,27)/t14-/m0/s1. The maximum absolute atomic E-state index is 14.6. The van der Waals surface area contributed by atoms with Gasteiger partial charge in [-0.1, -0.05) is 66.6 Å². The minimum Gasteiger partial charge on any atom is -0.383 e. The van der Waals surface area contributed by atoms with Gasteiger partial charge in [0.1, 0.15) is 10.7 Å². The SMILES string of the molecule is CC[C@@H](CCc1ccccc1)CNc1cc(F)c(S(=O)(=O)Nc2ncc(F)s2)cc1Cl. The van der Waals surface area contributed by atoms with E-state index in [-0.39, 0.29) is 10.2 Å². The lowest BCUT2D eigenvalue weighted by Gasteiger charge is -2.18. The van der Waals surface area contributed by atoms with Gasteiger partial charge in [-0.15, -0.1) is 0 Å². The highest BCUT2D eigenvalue weighted by atomic mass is 35.5. The number of nitrogens with one attached hydrogen (secondary N) is 2. The van der Waals surface area contributed by atoms with E-state index >= 15 is 0 Å². The Morgan fingerprint density at radius 2 is 1.94 bits per heavy atom. The van der Waals surface area contributed by atoms with Gasteiger partial charge in [-0.25, -0.2) is 17.8 Å². The predicted octanol–water partition coefficient (Wildman–Crippen LogP) is 5.95. The van der Waals surface area contributed by atoms with Crippen LogP contribution in [0.1, 0.15) is 25.3 Å². The van der Waals surface area contributed by atoms with Crippen molar-refractivity contribution in [2.45, 2.75) is 31.1 Å². The van der Waals surface area contributed by atoms with Crippen LogP contribution in [0, 0.1) is 16.9 Å². The highest BCUT2D eigenvalue weighted by Crippen LogP contribution is 2.30. The third kappa shape index (κ3) is 6.38. The molecule has 31 heavy (non-hydrogen) atoms. The third-order valence-electron chi connectivity index (χ3n) is 4.85. The van der Waals surface area contributed by atoms with Crippen LogP contribution in [-0.4, -0.2) is 19.9 Å². The third-order valence-corrected chi connectivity index (χ3v) is 7.35. The van der Waals surface area contributed by atoms with Crippen LogP contribution in [0.25, 0.3) is 0 Å². The summed E-state index contributed by atoms with van der Waals surface area (Å²) < 4.78 is 54.6. The number of rotatable bonds is 10. The van der Waals surface area contributed by atoms with Crippen LogP contribution in [0.5, 0.6) is 0 Å². The van der Waals surface area contributed by atoms with E-state index in [4.69, 9.17) is 11.6 Å². The van der Waals surface area contributed by atoms with E-state index in [1.54, 1.807) is 0 Å². The van der Waals surface area contributed by atoms with Gasteiger partial charge in [0.05, 0.1) is 16.9 Å². The second kappa shape index (κ2) is 10.4. The highest BCUT2D eigenvalue weighted by Gasteiger charge is 2.23. The topological polar surface area (TPSA) is 71.1 Å². The van der Waals surface area contributed by atoms with Gasteiger partial charge >= 0.3 is 0 Å². The molecular weight excluding hydrogens is 464 g/mol. The number of hydrogen-bond acceptors (Lipinski definition) is 5. The molecule has 0 fully saturated rings. The van der Waals surface area contributed by atoms with E-state index in [2.05, 4.69) is 34.1 Å². The molecule has 0 amide bonds. The van der Waals surface area contributed by atoms with Crippen molar-refractivity contribution in [3.8, 4) is 0 Å². The van der Waals surface area contributed by atoms with Crippen LogP contribution < -0.4 is 10.0 Å². The van der Waals surface area contributed by atoms with E-state index in [0.29, 0.717) is 29.5 Å². The van der Waals surface area contributed by atoms with Gasteiger partial charge in [-0.05, 0) is 36.5 Å². The molecule has 5 nitrogen and oxygen atoms in total. The molecule has 0 aliphatic rings. The molecule has 2 N–H and O–H groups in total. The van der Waals surface area contributed by atoms with Crippen LogP contribution in [0.2, 0.25) is 5.02 Å². The minimum absolute atomic E-state index is 0.0741. The summed E-state index contributed by atoms with van der Waals surface area (Å²) in [6.07, 6.45) is 3.69. The smallest absolute Gasteiger partial charge is 0.266 e. The van der Waals surface area contributed by atoms with Crippen LogP contribution in [0.15, 0.2) is 53.6 Å². The molecule has 10 heteroatoms. The molecule has 1 aromatic heterocycles. The molecule has 3 rings (SSSR count). The average Bonchev–Trinajstić information content (AvgIpc) is 3.14. The van der Waals surface area contributed by atoms with Gasteiger partial charge in [0.2, 0.25) is 0 Å². The van der Waals surface area contributed by atoms with Crippen molar-refractivity contribution in [2.75, 3.05) is 16.6 Å². The maximum Gasteiger partial charge on any atom is 0.266 e. The van der Waals surface area contributed by atoms with Crippen molar-refractivity contribution in [1.82, 2.24) is 4.98 Å². The zero-order chi connectivity index (χ0) is 22.4. The van der Waals surface area contributed by atoms with E-state index in [0.717, 1.165) is 37.6 Å². The highest BCUT2D eigenvalue weighted by molar-refractivity contribution is 7.93. The Hall–Kier alpha value is -2.23. The summed E-state index contributed by atoms with van der Waals surface area (Å²) in [6, 6.07) is 12.3. The number of aryl methyl sites for hydroxylation is 1. The van der Waals surface area contributed by atoms with E-state index in [1.165, 1.54) is 5.56 Å². The van der Waals surface area contributed by atoms with Crippen LogP contribution in [0.3, 0.4) is 0 Å². The monoisotopic (exact) mass is 485 g/mol. The van der Waals surface area contributed by atoms with Gasteiger partial charge in [-0.2, -0.15) is 4.39 Å². The number of sulfonamides is 1. The fourth-order valence-corrected chi connectivity index (χ4v) is 5.23. The fourth-order valence-electron chi connectivity index (χ4n) is 3.06. The van der Waals surface area contributed by atoms with Crippen molar-refractivity contribution in [3.63, 3.8) is 0 Å². The van der Waals surface area contributed by atoms with E-state index in [1.807, 2.05) is 18.2 Å². The van der Waals surface area contributed by atoms with E-state index < -0.39 is 25.9 Å². The van der Waals surface area contributed by atoms with Crippen LogP contribution in [0.4, 0.5) is 19.6 Å². The zero-order valence-electron chi connectivity index (χ0n) is 16.7. The number of halogens is 3. The molecular formula is C21H22ClF2N3O2S2. The second-order valence-electron chi connectivity index (χ2n) is 7.02. The Morgan fingerprint density at radius 3 is 2.58 bits per heavy atom. The van der Waals surface area contributed by atoms with Crippen molar-refractivity contribution < 1.29 is 17.2 Å². The Balaban J connectivity index is 1.66. The van der Waals surface area contributed by atoms with Crippen molar-refractivity contribution in [3.05, 3.63) is 70.2 Å². The first-order valence-corrected chi connectivity index (χ1v) is 12.4. The molecule has 2 aromatic carbocycles. The molecule has 0 aliphatic heterocycles. The lowest BCUT2D eigenvalue weighted by Crippen LogP contribution is -2.17. The molecule has 1 atom stereocenters. The first kappa shape index (κ1) is 23.4. The average molecular weight is 486 g/mol. The molecule has 0 saturated heterocycles. The Kier molecular flexibility index (Phi) is 7.85. The largest absolute Gasteiger partial charge is 0.383 e. The molecule has 0 bridgehead atoms. The predicted molar refractivity (Wildman–Crippen MR) is 121 cm³/mol. The summed E-state index contributed by atoms with van der Waals surface area (Å²) in [5.74, 6) is -0.627. The van der Waals surface area contributed by atoms with Gasteiger partial charge in [0.15, 0.2) is 10.3 Å². The fraction of sp³-hybridized carbons (Fsp3) is 0.286. The summed E-state index contributed by atoms with van der Waals surface area (Å²) in [7, 11) is -4.30. The van der Waals surface area contributed by atoms with Crippen molar-refractivity contribution in [2.24, 2.45) is 5.92 Å². The lowest BCUT2D eigenvalue weighted by atomic mass is 9.97. The van der Waals surface area contributed by atoms with Crippen LogP contribution in [-0.2, 0) is 16.4 Å². The Bertz CT molecular complexity index is 1120. The summed E-state index contributed by atoms with van der Waals surface area (Å²) >= 11 is 6.72. The quantitative estimate of drug-likeness (QED) is 0.372. The summed E-state index contributed by atoms with van der Waals surface area (Å²) in [4.78, 5) is 2.95. The van der Waals surface area contributed by atoms with Gasteiger partial charge in [-0.3, -0.25) is 4.72 Å². The number of hydrogen-bond donors (Lipinski definition) is 2. The second-order valence-corrected chi connectivity index (χ2v) is 10.1. The van der Waals surface area contributed by atoms with Crippen LogP contribution >= 0.6 is 22.9 Å². The summed E-state index contributed by atoms with van der Waals surface area (Å²) in [5, 5.41) is 2.35. The number of anilines is 2. The van der Waals surface area contributed by atoms with Gasteiger partial charge in [0.25, 0.3) is 10.0 Å². The molecule has 0 unspecified atom stereocenters. The normalized spacial score (nSPS) is 12.5. The number of thiazole rings is 1. The van der Waals surface area contributed by atoms with Gasteiger partial charge in [0, 0.05) is 6.54 Å². The molecule has 166 valence electrons. The minimum atomic E-state index is -4.30. The molecule has 0 saturated carbocycles. The molecule has 0 radical (unpaired) electrons. The Labute approximate surface area is 189 Å². The molecule has 0 aliphatic carbocycles. The molecule has 1 heterocycles. The summed E-state index contributed by atoms with van der Waals surface area (Å²) in [5.41, 5.74) is 1.57. The Morgan fingerprint density at radius 1 is 1.19 bits per heavy atom. The number of benzene rings is 2. The molecule has 3 aromatic rings. The first-order chi connectivity index (χ1) is 14.8.